The molecule has 1 aliphatic rings. The summed E-state index contributed by atoms with van der Waals surface area (Å²) in [5.41, 5.74) is 10.0. The van der Waals surface area contributed by atoms with E-state index in [0.29, 0.717) is 0 Å². The highest BCUT2D eigenvalue weighted by molar-refractivity contribution is 5.90. The summed E-state index contributed by atoms with van der Waals surface area (Å²) in [6, 6.07) is 19.3. The van der Waals surface area contributed by atoms with Gasteiger partial charge in [0.15, 0.2) is 0 Å². The van der Waals surface area contributed by atoms with Crippen LogP contribution in [0.25, 0.3) is 11.4 Å². The molecule has 198 valence electrons. The molecule has 1 N–H and O–H groups in total. The van der Waals surface area contributed by atoms with Crippen molar-refractivity contribution >= 4 is 22.8 Å². The monoisotopic (exact) mass is 507 g/mol. The van der Waals surface area contributed by atoms with E-state index in [2.05, 4.69) is 109 Å². The summed E-state index contributed by atoms with van der Waals surface area (Å²) in [4.78, 5) is 14.1. The van der Waals surface area contributed by atoms with Gasteiger partial charge in [-0.3, -0.25) is 14.9 Å². The summed E-state index contributed by atoms with van der Waals surface area (Å²) in [7, 11) is 2.20. The van der Waals surface area contributed by atoms with Crippen molar-refractivity contribution in [1.82, 2.24) is 14.8 Å². The van der Waals surface area contributed by atoms with Gasteiger partial charge in [0.1, 0.15) is 0 Å². The van der Waals surface area contributed by atoms with E-state index in [1.165, 1.54) is 16.7 Å². The van der Waals surface area contributed by atoms with Crippen LogP contribution in [-0.4, -0.2) is 53.7 Å². The largest absolute Gasteiger partial charge is 0.356 e. The van der Waals surface area contributed by atoms with E-state index in [1.807, 2.05) is 12.3 Å². The van der Waals surface area contributed by atoms with Crippen LogP contribution in [-0.2, 0) is 13.0 Å². The number of nitrogens with zero attached hydrogens (tertiary/aromatic N) is 4. The number of piperazine rings is 1. The quantitative estimate of drug-likeness (QED) is 0.311. The van der Waals surface area contributed by atoms with Gasteiger partial charge in [-0.2, -0.15) is 0 Å². The van der Waals surface area contributed by atoms with Crippen LogP contribution in [0.1, 0.15) is 48.1 Å². The van der Waals surface area contributed by atoms with Gasteiger partial charge in [0.2, 0.25) is 0 Å². The summed E-state index contributed by atoms with van der Waals surface area (Å²) >= 11 is 0. The third-order valence-corrected chi connectivity index (χ3v) is 7.06. The number of aryl methyl sites for hydroxylation is 1. The molecule has 5 nitrogen and oxygen atoms in total. The Morgan fingerprint density at radius 2 is 1.82 bits per heavy atom. The molecule has 0 saturated carbocycles. The molecule has 2 heterocycles. The predicted molar refractivity (Wildman–Crippen MR) is 162 cm³/mol. The average Bonchev–Trinajstić information content (AvgIpc) is 2.92. The third-order valence-electron chi connectivity index (χ3n) is 7.06. The SMILES string of the molecule is C=C(Nc1ccc(C)c(CC(C)=N/C(=C\CC)c2cccnc2)c1)c1ccc(CN2CCN(C)CC2)cc1. The van der Waals surface area contributed by atoms with Gasteiger partial charge in [-0.15, -0.1) is 0 Å². The minimum atomic E-state index is 0.788. The van der Waals surface area contributed by atoms with Crippen molar-refractivity contribution in [3.8, 4) is 0 Å². The van der Waals surface area contributed by atoms with Crippen molar-refractivity contribution in [2.24, 2.45) is 4.99 Å². The van der Waals surface area contributed by atoms with Gasteiger partial charge < -0.3 is 10.2 Å². The van der Waals surface area contributed by atoms with Crippen molar-refractivity contribution in [2.45, 2.75) is 40.2 Å². The van der Waals surface area contributed by atoms with Gasteiger partial charge in [-0.05, 0) is 73.8 Å². The second-order valence-electron chi connectivity index (χ2n) is 10.3. The first-order valence-electron chi connectivity index (χ1n) is 13.6. The number of allylic oxidation sites excluding steroid dienone is 1. The zero-order valence-electron chi connectivity index (χ0n) is 23.4. The number of aliphatic imine (C=N–C) groups is 1. The molecule has 38 heavy (non-hydrogen) atoms. The Morgan fingerprint density at radius 1 is 1.05 bits per heavy atom. The van der Waals surface area contributed by atoms with Gasteiger partial charge >= 0.3 is 0 Å². The van der Waals surface area contributed by atoms with E-state index >= 15 is 0 Å². The summed E-state index contributed by atoms with van der Waals surface area (Å²) in [6.07, 6.45) is 7.54. The highest BCUT2D eigenvalue weighted by Crippen LogP contribution is 2.23. The first-order chi connectivity index (χ1) is 18.4. The fourth-order valence-corrected chi connectivity index (χ4v) is 4.72. The lowest BCUT2D eigenvalue weighted by atomic mass is 10.0. The summed E-state index contributed by atoms with van der Waals surface area (Å²) < 4.78 is 0. The second kappa shape index (κ2) is 13.3. The summed E-state index contributed by atoms with van der Waals surface area (Å²) in [5, 5.41) is 3.52. The minimum absolute atomic E-state index is 0.788. The van der Waals surface area contributed by atoms with E-state index < -0.39 is 0 Å². The van der Waals surface area contributed by atoms with Crippen LogP contribution in [0.15, 0.2) is 84.6 Å². The minimum Gasteiger partial charge on any atom is -0.356 e. The van der Waals surface area contributed by atoms with Gasteiger partial charge in [0, 0.05) is 74.2 Å². The Labute approximate surface area is 228 Å². The van der Waals surface area contributed by atoms with Gasteiger partial charge in [0.25, 0.3) is 0 Å². The van der Waals surface area contributed by atoms with Crippen LogP contribution >= 0.6 is 0 Å². The fourth-order valence-electron chi connectivity index (χ4n) is 4.72. The Bertz CT molecular complexity index is 1270. The van der Waals surface area contributed by atoms with Gasteiger partial charge in [0.05, 0.1) is 5.70 Å². The molecule has 1 saturated heterocycles. The Morgan fingerprint density at radius 3 is 2.50 bits per heavy atom. The van der Waals surface area contributed by atoms with E-state index in [4.69, 9.17) is 4.99 Å². The molecule has 0 bridgehead atoms. The number of likely N-dealkylation sites (N-methyl/N-ethyl adjacent to an activating group) is 1. The van der Waals surface area contributed by atoms with Crippen LogP contribution in [0, 0.1) is 6.92 Å². The molecule has 2 aromatic carbocycles. The van der Waals surface area contributed by atoms with Gasteiger partial charge in [-0.25, -0.2) is 0 Å². The van der Waals surface area contributed by atoms with E-state index in [1.54, 1.807) is 6.20 Å². The molecule has 5 heteroatoms. The molecule has 0 radical (unpaired) electrons. The molecule has 0 atom stereocenters. The maximum atomic E-state index is 4.96. The van der Waals surface area contributed by atoms with Gasteiger partial charge in [-0.1, -0.05) is 49.9 Å². The fraction of sp³-hybridized carbons (Fsp3) is 0.333. The van der Waals surface area contributed by atoms with Crippen molar-refractivity contribution in [2.75, 3.05) is 38.5 Å². The molecule has 1 aliphatic heterocycles. The molecule has 0 spiro atoms. The maximum Gasteiger partial charge on any atom is 0.0676 e. The molecular weight excluding hydrogens is 466 g/mol. The second-order valence-corrected chi connectivity index (χ2v) is 10.3. The lowest BCUT2D eigenvalue weighted by molar-refractivity contribution is 0.148. The molecular formula is C33H41N5. The number of nitrogens with one attached hydrogen (secondary N) is 1. The molecule has 1 aromatic heterocycles. The zero-order chi connectivity index (χ0) is 26.9. The van der Waals surface area contributed by atoms with Crippen LogP contribution in [0.2, 0.25) is 0 Å². The zero-order valence-corrected chi connectivity index (χ0v) is 23.4. The maximum absolute atomic E-state index is 4.96. The van der Waals surface area contributed by atoms with Crippen molar-refractivity contribution < 1.29 is 0 Å². The molecule has 0 unspecified atom stereocenters. The number of rotatable bonds is 10. The normalized spacial score (nSPS) is 15.5. The van der Waals surface area contributed by atoms with E-state index in [-0.39, 0.29) is 0 Å². The Kier molecular flexibility index (Phi) is 9.63. The third kappa shape index (κ3) is 7.73. The van der Waals surface area contributed by atoms with Crippen molar-refractivity contribution in [1.29, 1.82) is 0 Å². The number of benzene rings is 2. The molecule has 0 aliphatic carbocycles. The average molecular weight is 508 g/mol. The summed E-state index contributed by atoms with van der Waals surface area (Å²) in [5.74, 6) is 0. The van der Waals surface area contributed by atoms with E-state index in [0.717, 1.165) is 79.5 Å². The first-order valence-corrected chi connectivity index (χ1v) is 13.6. The lowest BCUT2D eigenvalue weighted by Gasteiger charge is -2.32. The highest BCUT2D eigenvalue weighted by atomic mass is 15.2. The number of aromatic nitrogens is 1. The number of hydrogen-bond acceptors (Lipinski definition) is 5. The number of anilines is 1. The van der Waals surface area contributed by atoms with Crippen LogP contribution in [0.3, 0.4) is 0 Å². The van der Waals surface area contributed by atoms with Crippen molar-refractivity contribution in [3.05, 3.63) is 107 Å². The Balaban J connectivity index is 1.40. The number of pyridine rings is 1. The first kappa shape index (κ1) is 27.5. The Hall–Kier alpha value is -3.54. The predicted octanol–water partition coefficient (Wildman–Crippen LogP) is 6.67. The van der Waals surface area contributed by atoms with E-state index in [9.17, 15) is 0 Å². The summed E-state index contributed by atoms with van der Waals surface area (Å²) in [6.45, 7) is 16.3. The van der Waals surface area contributed by atoms with Crippen LogP contribution in [0.5, 0.6) is 0 Å². The van der Waals surface area contributed by atoms with Crippen molar-refractivity contribution in [3.63, 3.8) is 0 Å². The number of hydrogen-bond donors (Lipinski definition) is 1. The molecule has 3 aromatic rings. The smallest absolute Gasteiger partial charge is 0.0676 e. The topological polar surface area (TPSA) is 43.8 Å². The standard InChI is InChI=1S/C33H41N5/c1-6-8-33(30-9-7-16-34-23-30)35-26(3)21-31-22-32(15-10-25(31)2)36-27(4)29-13-11-28(12-14-29)24-38-19-17-37(5)18-20-38/h7-16,22-23,36H,4,6,17-21,24H2,1-3,5H3/b33-8-,35-26?. The molecule has 4 rings (SSSR count). The molecule has 0 amide bonds. The lowest BCUT2D eigenvalue weighted by Crippen LogP contribution is -2.43. The van der Waals surface area contributed by atoms with Crippen LogP contribution < -0.4 is 5.32 Å². The molecule has 1 fully saturated rings. The highest BCUT2D eigenvalue weighted by Gasteiger charge is 2.14. The van der Waals surface area contributed by atoms with Crippen LogP contribution in [0.4, 0.5) is 5.69 Å².